The molecule has 0 saturated carbocycles. The zero-order chi connectivity index (χ0) is 12.9. The molecule has 0 atom stereocenters. The predicted octanol–water partition coefficient (Wildman–Crippen LogP) is 3.35. The summed E-state index contributed by atoms with van der Waals surface area (Å²) < 4.78 is 6.27. The number of rotatable bonds is 6. The molecule has 0 amide bonds. The van der Waals surface area contributed by atoms with Crippen LogP contribution in [0.25, 0.3) is 0 Å². The topological polar surface area (TPSA) is 47.3 Å². The molecule has 0 unspecified atom stereocenters. The van der Waals surface area contributed by atoms with Gasteiger partial charge < -0.3 is 15.8 Å². The molecule has 0 spiro atoms. The van der Waals surface area contributed by atoms with Gasteiger partial charge in [-0.1, -0.05) is 13.8 Å². The second-order valence-electron chi connectivity index (χ2n) is 4.99. The van der Waals surface area contributed by atoms with Gasteiger partial charge in [-0.15, -0.1) is 0 Å². The number of hydrogen-bond donors (Lipinski definition) is 2. The number of methoxy groups -OCH3 is 1. The van der Waals surface area contributed by atoms with Gasteiger partial charge in [-0.3, -0.25) is 0 Å². The van der Waals surface area contributed by atoms with Gasteiger partial charge in [-0.25, -0.2) is 0 Å². The average molecular weight is 348 g/mol. The van der Waals surface area contributed by atoms with Crippen molar-refractivity contribution in [1.82, 2.24) is 0 Å². The maximum atomic E-state index is 5.96. The van der Waals surface area contributed by atoms with Crippen LogP contribution in [0.5, 0.6) is 0 Å². The molecule has 1 rings (SSSR count). The van der Waals surface area contributed by atoms with E-state index in [1.165, 1.54) is 0 Å². The SMILES string of the molecule is COCCC(C)(C)CNc1ccc(I)cc1N. The van der Waals surface area contributed by atoms with Gasteiger partial charge in [0.15, 0.2) is 0 Å². The van der Waals surface area contributed by atoms with E-state index in [-0.39, 0.29) is 5.41 Å². The van der Waals surface area contributed by atoms with E-state index >= 15 is 0 Å². The summed E-state index contributed by atoms with van der Waals surface area (Å²) in [6.07, 6.45) is 1.03. The number of nitrogens with two attached hydrogens (primary N) is 1. The fourth-order valence-corrected chi connectivity index (χ4v) is 2.01. The van der Waals surface area contributed by atoms with Crippen LogP contribution in [0.1, 0.15) is 20.3 Å². The number of anilines is 2. The molecular weight excluding hydrogens is 327 g/mol. The molecule has 1 aromatic rings. The van der Waals surface area contributed by atoms with E-state index in [2.05, 4.69) is 47.8 Å². The Kier molecular flexibility index (Phi) is 5.52. The van der Waals surface area contributed by atoms with Crippen LogP contribution >= 0.6 is 22.6 Å². The molecule has 4 heteroatoms. The molecule has 0 aliphatic rings. The van der Waals surface area contributed by atoms with Crippen molar-refractivity contribution in [3.8, 4) is 0 Å². The Morgan fingerprint density at radius 3 is 2.71 bits per heavy atom. The van der Waals surface area contributed by atoms with Crippen molar-refractivity contribution in [2.75, 3.05) is 31.3 Å². The van der Waals surface area contributed by atoms with Gasteiger partial charge in [0.2, 0.25) is 0 Å². The van der Waals surface area contributed by atoms with Crippen molar-refractivity contribution in [2.24, 2.45) is 5.41 Å². The first-order chi connectivity index (χ1) is 7.94. The molecule has 3 nitrogen and oxygen atoms in total. The number of benzene rings is 1. The van der Waals surface area contributed by atoms with Crippen molar-refractivity contribution in [3.05, 3.63) is 21.8 Å². The molecule has 0 fully saturated rings. The zero-order valence-corrected chi connectivity index (χ0v) is 12.9. The fourth-order valence-electron chi connectivity index (χ4n) is 1.50. The first kappa shape index (κ1) is 14.6. The molecule has 1 aromatic carbocycles. The molecule has 17 heavy (non-hydrogen) atoms. The molecule has 0 heterocycles. The van der Waals surface area contributed by atoms with Gasteiger partial charge in [-0.05, 0) is 52.6 Å². The summed E-state index contributed by atoms with van der Waals surface area (Å²) in [5, 5.41) is 3.41. The van der Waals surface area contributed by atoms with Crippen molar-refractivity contribution in [1.29, 1.82) is 0 Å². The second-order valence-corrected chi connectivity index (χ2v) is 6.24. The van der Waals surface area contributed by atoms with Crippen LogP contribution in [0, 0.1) is 8.99 Å². The smallest absolute Gasteiger partial charge is 0.0574 e. The average Bonchev–Trinajstić information content (AvgIpc) is 2.25. The van der Waals surface area contributed by atoms with Crippen molar-refractivity contribution in [2.45, 2.75) is 20.3 Å². The van der Waals surface area contributed by atoms with Crippen LogP contribution in [-0.4, -0.2) is 20.3 Å². The standard InChI is InChI=1S/C13H21IN2O/c1-13(2,6-7-17-3)9-16-12-5-4-10(14)8-11(12)15/h4-5,8,16H,6-7,9,15H2,1-3H3. The normalized spacial score (nSPS) is 11.5. The maximum Gasteiger partial charge on any atom is 0.0574 e. The van der Waals surface area contributed by atoms with E-state index in [0.717, 1.165) is 34.5 Å². The Bertz CT molecular complexity index is 366. The van der Waals surface area contributed by atoms with E-state index in [9.17, 15) is 0 Å². The maximum absolute atomic E-state index is 5.96. The quantitative estimate of drug-likeness (QED) is 0.612. The Labute approximate surface area is 117 Å². The third kappa shape index (κ3) is 5.12. The van der Waals surface area contributed by atoms with E-state index in [4.69, 9.17) is 10.5 Å². The lowest BCUT2D eigenvalue weighted by Crippen LogP contribution is -2.25. The molecule has 0 aliphatic carbocycles. The summed E-state index contributed by atoms with van der Waals surface area (Å²) in [5.41, 5.74) is 7.97. The van der Waals surface area contributed by atoms with Gasteiger partial charge in [-0.2, -0.15) is 0 Å². The minimum absolute atomic E-state index is 0.200. The number of halogens is 1. The highest BCUT2D eigenvalue weighted by atomic mass is 127. The molecular formula is C13H21IN2O. The highest BCUT2D eigenvalue weighted by Crippen LogP contribution is 2.25. The summed E-state index contributed by atoms with van der Waals surface area (Å²) in [5.74, 6) is 0. The third-order valence-corrected chi connectivity index (χ3v) is 3.42. The molecule has 0 bridgehead atoms. The Balaban J connectivity index is 2.54. The molecule has 3 N–H and O–H groups in total. The largest absolute Gasteiger partial charge is 0.397 e. The summed E-state index contributed by atoms with van der Waals surface area (Å²) >= 11 is 2.26. The molecule has 96 valence electrons. The number of nitrogen functional groups attached to an aromatic ring is 1. The predicted molar refractivity (Wildman–Crippen MR) is 82.3 cm³/mol. The third-order valence-electron chi connectivity index (χ3n) is 2.75. The highest BCUT2D eigenvalue weighted by Gasteiger charge is 2.17. The number of nitrogens with one attached hydrogen (secondary N) is 1. The highest BCUT2D eigenvalue weighted by molar-refractivity contribution is 14.1. The molecule has 0 aliphatic heterocycles. The molecule has 0 aromatic heterocycles. The van der Waals surface area contributed by atoms with E-state index in [0.29, 0.717) is 0 Å². The fraction of sp³-hybridized carbons (Fsp3) is 0.538. The number of hydrogen-bond acceptors (Lipinski definition) is 3. The molecule has 0 radical (unpaired) electrons. The van der Waals surface area contributed by atoms with Gasteiger partial charge in [0.05, 0.1) is 11.4 Å². The van der Waals surface area contributed by atoms with Crippen molar-refractivity contribution in [3.63, 3.8) is 0 Å². The minimum atomic E-state index is 0.200. The first-order valence-electron chi connectivity index (χ1n) is 5.72. The van der Waals surface area contributed by atoms with E-state index < -0.39 is 0 Å². The number of ether oxygens (including phenoxy) is 1. The lowest BCUT2D eigenvalue weighted by Gasteiger charge is -2.25. The van der Waals surface area contributed by atoms with Crippen LogP contribution in [0.15, 0.2) is 18.2 Å². The van der Waals surface area contributed by atoms with Gasteiger partial charge in [0.1, 0.15) is 0 Å². The summed E-state index contributed by atoms with van der Waals surface area (Å²) in [7, 11) is 1.74. The monoisotopic (exact) mass is 348 g/mol. The van der Waals surface area contributed by atoms with Crippen LogP contribution in [0.4, 0.5) is 11.4 Å². The van der Waals surface area contributed by atoms with Crippen LogP contribution in [-0.2, 0) is 4.74 Å². The van der Waals surface area contributed by atoms with Crippen LogP contribution < -0.4 is 11.1 Å². The Morgan fingerprint density at radius 1 is 1.41 bits per heavy atom. The van der Waals surface area contributed by atoms with Crippen molar-refractivity contribution >= 4 is 34.0 Å². The van der Waals surface area contributed by atoms with Gasteiger partial charge in [0.25, 0.3) is 0 Å². The van der Waals surface area contributed by atoms with Gasteiger partial charge >= 0.3 is 0 Å². The minimum Gasteiger partial charge on any atom is -0.397 e. The van der Waals surface area contributed by atoms with Crippen LogP contribution in [0.3, 0.4) is 0 Å². The summed E-state index contributed by atoms with van der Waals surface area (Å²) in [4.78, 5) is 0. The Hall–Kier alpha value is -0.490. The Morgan fingerprint density at radius 2 is 2.12 bits per heavy atom. The second kappa shape index (κ2) is 6.44. The van der Waals surface area contributed by atoms with E-state index in [1.54, 1.807) is 7.11 Å². The lowest BCUT2D eigenvalue weighted by molar-refractivity contribution is 0.157. The molecule has 0 saturated heterocycles. The van der Waals surface area contributed by atoms with Crippen LogP contribution in [0.2, 0.25) is 0 Å². The lowest BCUT2D eigenvalue weighted by atomic mass is 9.89. The zero-order valence-electron chi connectivity index (χ0n) is 10.7. The van der Waals surface area contributed by atoms with Crippen molar-refractivity contribution < 1.29 is 4.74 Å². The summed E-state index contributed by atoms with van der Waals surface area (Å²) in [6.45, 7) is 6.13. The first-order valence-corrected chi connectivity index (χ1v) is 6.80. The summed E-state index contributed by atoms with van der Waals surface area (Å²) in [6, 6.07) is 6.07. The van der Waals surface area contributed by atoms with Gasteiger partial charge in [0, 0.05) is 23.8 Å². The van der Waals surface area contributed by atoms with E-state index in [1.807, 2.05) is 12.1 Å².